The molecule has 1 fully saturated rings. The molecule has 20 heavy (non-hydrogen) atoms. The van der Waals surface area contributed by atoms with Gasteiger partial charge in [0, 0.05) is 31.7 Å². The van der Waals surface area contributed by atoms with Gasteiger partial charge in [0.2, 0.25) is 0 Å². The van der Waals surface area contributed by atoms with E-state index in [0.29, 0.717) is 23.7 Å². The average molecular weight is 297 g/mol. The van der Waals surface area contributed by atoms with Crippen LogP contribution in [-0.2, 0) is 6.42 Å². The molecule has 2 N–H and O–H groups in total. The summed E-state index contributed by atoms with van der Waals surface area (Å²) >= 11 is 0. The number of amides is 1. The maximum absolute atomic E-state index is 12.0. The van der Waals surface area contributed by atoms with Crippen molar-refractivity contribution in [3.05, 3.63) is 23.5 Å². The van der Waals surface area contributed by atoms with Crippen LogP contribution in [0.1, 0.15) is 23.0 Å². The van der Waals surface area contributed by atoms with E-state index in [4.69, 9.17) is 4.52 Å². The number of nitrogens with zero attached hydrogens (tertiary/aromatic N) is 2. The number of aromatic nitrogens is 2. The molecule has 3 heterocycles. The van der Waals surface area contributed by atoms with Crippen LogP contribution in [0.2, 0.25) is 0 Å². The van der Waals surface area contributed by atoms with Crippen molar-refractivity contribution in [2.75, 3.05) is 19.6 Å². The number of rotatable bonds is 4. The van der Waals surface area contributed by atoms with Gasteiger partial charge in [-0.1, -0.05) is 12.1 Å². The number of aryl methyl sites for hydroxylation is 1. The number of nitrogens with one attached hydrogen (secondary N) is 2. The Bertz CT molecular complexity index is 609. The van der Waals surface area contributed by atoms with Gasteiger partial charge in [0.15, 0.2) is 0 Å². The number of fused-ring (bicyclic) bond motifs is 1. The van der Waals surface area contributed by atoms with Gasteiger partial charge in [-0.15, -0.1) is 12.4 Å². The number of carbonyl (C=O) groups is 1. The maximum atomic E-state index is 12.0. The summed E-state index contributed by atoms with van der Waals surface area (Å²) in [4.78, 5) is 16.2. The lowest BCUT2D eigenvalue weighted by Crippen LogP contribution is -2.48. The monoisotopic (exact) mass is 296 g/mol. The molecule has 0 radical (unpaired) electrons. The highest BCUT2D eigenvalue weighted by molar-refractivity contribution is 5.97. The van der Waals surface area contributed by atoms with Crippen LogP contribution in [0.5, 0.6) is 0 Å². The van der Waals surface area contributed by atoms with Crippen molar-refractivity contribution in [3.8, 4) is 0 Å². The second kappa shape index (κ2) is 6.19. The van der Waals surface area contributed by atoms with Crippen molar-refractivity contribution in [1.82, 2.24) is 20.8 Å². The molecule has 0 aromatic carbocycles. The van der Waals surface area contributed by atoms with E-state index in [-0.39, 0.29) is 18.3 Å². The molecule has 1 saturated heterocycles. The average Bonchev–Trinajstić information content (AvgIpc) is 2.78. The van der Waals surface area contributed by atoms with Crippen LogP contribution in [0.25, 0.3) is 11.1 Å². The highest BCUT2D eigenvalue weighted by atomic mass is 35.5. The molecular weight excluding hydrogens is 280 g/mol. The van der Waals surface area contributed by atoms with Crippen molar-refractivity contribution in [3.63, 3.8) is 0 Å². The van der Waals surface area contributed by atoms with Crippen LogP contribution in [0.3, 0.4) is 0 Å². The van der Waals surface area contributed by atoms with Gasteiger partial charge < -0.3 is 15.2 Å². The second-order valence-electron chi connectivity index (χ2n) is 4.79. The standard InChI is InChI=1S/C13H16N4O2.ClH/c1-2-11-10-3-9(7-16-13(10)19-17-11)12(18)15-6-8-4-14-5-8;/h3,7-8,14H,2,4-6H2,1H3,(H,15,18);1H. The number of hydrogen-bond donors (Lipinski definition) is 2. The van der Waals surface area contributed by atoms with Gasteiger partial charge in [-0.25, -0.2) is 4.98 Å². The molecule has 0 spiro atoms. The Hall–Kier alpha value is -1.66. The summed E-state index contributed by atoms with van der Waals surface area (Å²) in [6.07, 6.45) is 2.29. The minimum Gasteiger partial charge on any atom is -0.352 e. The first-order chi connectivity index (χ1) is 9.28. The van der Waals surface area contributed by atoms with E-state index in [2.05, 4.69) is 20.8 Å². The van der Waals surface area contributed by atoms with E-state index in [1.54, 1.807) is 6.07 Å². The quantitative estimate of drug-likeness (QED) is 0.885. The van der Waals surface area contributed by atoms with Gasteiger partial charge in [0.1, 0.15) is 0 Å². The minimum absolute atomic E-state index is 0. The summed E-state index contributed by atoms with van der Waals surface area (Å²) in [6, 6.07) is 1.80. The highest BCUT2D eigenvalue weighted by Crippen LogP contribution is 2.18. The van der Waals surface area contributed by atoms with Crippen molar-refractivity contribution < 1.29 is 9.32 Å². The van der Waals surface area contributed by atoms with Crippen molar-refractivity contribution in [1.29, 1.82) is 0 Å². The molecule has 6 nitrogen and oxygen atoms in total. The number of hydrogen-bond acceptors (Lipinski definition) is 5. The molecule has 3 rings (SSSR count). The lowest BCUT2D eigenvalue weighted by Gasteiger charge is -2.27. The third-order valence-corrected chi connectivity index (χ3v) is 3.42. The van der Waals surface area contributed by atoms with Crippen LogP contribution in [-0.4, -0.2) is 35.7 Å². The Morgan fingerprint density at radius 3 is 3.00 bits per heavy atom. The first-order valence-corrected chi connectivity index (χ1v) is 6.51. The van der Waals surface area contributed by atoms with Crippen LogP contribution in [0, 0.1) is 5.92 Å². The molecule has 0 atom stereocenters. The molecule has 0 unspecified atom stereocenters. The minimum atomic E-state index is -0.0930. The van der Waals surface area contributed by atoms with Gasteiger partial charge in [0.05, 0.1) is 16.6 Å². The molecule has 7 heteroatoms. The Morgan fingerprint density at radius 2 is 2.35 bits per heavy atom. The molecule has 0 bridgehead atoms. The highest BCUT2D eigenvalue weighted by Gasteiger charge is 2.18. The summed E-state index contributed by atoms with van der Waals surface area (Å²) in [5.74, 6) is 0.451. The van der Waals surface area contributed by atoms with Crippen molar-refractivity contribution in [2.24, 2.45) is 5.92 Å². The molecule has 0 saturated carbocycles. The van der Waals surface area contributed by atoms with Gasteiger partial charge >= 0.3 is 0 Å². The van der Waals surface area contributed by atoms with Crippen LogP contribution in [0.15, 0.2) is 16.8 Å². The molecule has 1 amide bonds. The summed E-state index contributed by atoms with van der Waals surface area (Å²) in [5.41, 5.74) is 1.87. The molecule has 2 aromatic rings. The largest absolute Gasteiger partial charge is 0.352 e. The Labute approximate surface area is 122 Å². The van der Waals surface area contributed by atoms with E-state index in [9.17, 15) is 4.79 Å². The SMILES string of the molecule is CCc1noc2ncc(C(=O)NCC3CNC3)cc12.Cl. The maximum Gasteiger partial charge on any atom is 0.257 e. The Kier molecular flexibility index (Phi) is 4.57. The van der Waals surface area contributed by atoms with Gasteiger partial charge in [-0.05, 0) is 12.5 Å². The van der Waals surface area contributed by atoms with Gasteiger partial charge in [-0.2, -0.15) is 0 Å². The number of pyridine rings is 1. The van der Waals surface area contributed by atoms with E-state index >= 15 is 0 Å². The van der Waals surface area contributed by atoms with E-state index in [0.717, 1.165) is 30.6 Å². The topological polar surface area (TPSA) is 80.0 Å². The zero-order valence-corrected chi connectivity index (χ0v) is 12.0. The molecule has 2 aromatic heterocycles. The lowest BCUT2D eigenvalue weighted by atomic mass is 10.0. The summed E-state index contributed by atoms with van der Waals surface area (Å²) in [5, 5.41) is 10.9. The third kappa shape index (κ3) is 2.76. The smallest absolute Gasteiger partial charge is 0.257 e. The number of carbonyl (C=O) groups excluding carboxylic acids is 1. The third-order valence-electron chi connectivity index (χ3n) is 3.42. The first-order valence-electron chi connectivity index (χ1n) is 6.51. The molecule has 1 aliphatic heterocycles. The molecule has 1 aliphatic rings. The lowest BCUT2D eigenvalue weighted by molar-refractivity contribution is 0.0942. The van der Waals surface area contributed by atoms with E-state index < -0.39 is 0 Å². The molecular formula is C13H17ClN4O2. The fourth-order valence-corrected chi connectivity index (χ4v) is 2.09. The Balaban J connectivity index is 0.00000147. The molecule has 108 valence electrons. The predicted molar refractivity (Wildman–Crippen MR) is 77.1 cm³/mol. The Morgan fingerprint density at radius 1 is 1.55 bits per heavy atom. The first kappa shape index (κ1) is 14.7. The van der Waals surface area contributed by atoms with E-state index in [1.165, 1.54) is 6.20 Å². The van der Waals surface area contributed by atoms with E-state index in [1.807, 2.05) is 6.92 Å². The van der Waals surface area contributed by atoms with Crippen LogP contribution in [0.4, 0.5) is 0 Å². The predicted octanol–water partition coefficient (Wildman–Crippen LogP) is 1.16. The zero-order valence-electron chi connectivity index (χ0n) is 11.2. The molecule has 0 aliphatic carbocycles. The number of halogens is 1. The fourth-order valence-electron chi connectivity index (χ4n) is 2.09. The van der Waals surface area contributed by atoms with Crippen LogP contribution < -0.4 is 10.6 Å². The summed E-state index contributed by atoms with van der Waals surface area (Å²) in [6.45, 7) is 4.65. The second-order valence-corrected chi connectivity index (χ2v) is 4.79. The summed E-state index contributed by atoms with van der Waals surface area (Å²) < 4.78 is 5.10. The fraction of sp³-hybridized carbons (Fsp3) is 0.462. The van der Waals surface area contributed by atoms with Crippen molar-refractivity contribution in [2.45, 2.75) is 13.3 Å². The van der Waals surface area contributed by atoms with Crippen LogP contribution >= 0.6 is 12.4 Å². The normalized spacial score (nSPS) is 14.7. The van der Waals surface area contributed by atoms with Crippen molar-refractivity contribution >= 4 is 29.4 Å². The van der Waals surface area contributed by atoms with Gasteiger partial charge in [-0.3, -0.25) is 4.79 Å². The zero-order chi connectivity index (χ0) is 13.2. The van der Waals surface area contributed by atoms with Gasteiger partial charge in [0.25, 0.3) is 11.6 Å². The summed E-state index contributed by atoms with van der Waals surface area (Å²) in [7, 11) is 0.